The highest BCUT2D eigenvalue weighted by molar-refractivity contribution is 5.98. The molecule has 0 N–H and O–H groups in total. The third-order valence-electron chi connectivity index (χ3n) is 10.3. The minimum absolute atomic E-state index is 0.176. The summed E-state index contributed by atoms with van der Waals surface area (Å²) in [6, 6.07) is 0. The summed E-state index contributed by atoms with van der Waals surface area (Å²) in [5, 5.41) is 0. The van der Waals surface area contributed by atoms with Crippen LogP contribution in [0.5, 0.6) is 0 Å². The van der Waals surface area contributed by atoms with Crippen LogP contribution in [0, 0.1) is 40.4 Å². The van der Waals surface area contributed by atoms with E-state index in [9.17, 15) is 9.59 Å². The maximum absolute atomic E-state index is 12.7. The van der Waals surface area contributed by atoms with Crippen molar-refractivity contribution in [1.29, 1.82) is 0 Å². The number of aldehydes is 1. The third kappa shape index (κ3) is 3.10. The number of allylic oxidation sites excluding steroid dienone is 1. The van der Waals surface area contributed by atoms with Crippen LogP contribution in [0.15, 0.2) is 11.1 Å². The zero-order valence-corrected chi connectivity index (χ0v) is 19.3. The number of fused-ring (bicyclic) bond motifs is 5. The highest BCUT2D eigenvalue weighted by Gasteiger charge is 2.62. The molecule has 0 aromatic carbocycles. The third-order valence-corrected chi connectivity index (χ3v) is 10.3. The van der Waals surface area contributed by atoms with E-state index in [4.69, 9.17) is 0 Å². The molecule has 7 atom stereocenters. The molecule has 0 amide bonds. The summed E-state index contributed by atoms with van der Waals surface area (Å²) in [5.74, 6) is 3.31. The molecule has 2 heteroatoms. The second kappa shape index (κ2) is 7.97. The van der Waals surface area contributed by atoms with Crippen molar-refractivity contribution < 1.29 is 9.59 Å². The molecule has 2 nitrogen and oxygen atoms in total. The van der Waals surface area contributed by atoms with Gasteiger partial charge in [-0.25, -0.2) is 0 Å². The molecule has 0 aromatic heterocycles. The standard InChI is InChI=1S/C27H42O2/c1-5-6-7-8-9-20-10-12-23-21-11-13-22-19(3)25(29)16-18(2)27(22,17-28)24(21)14-15-26(20,23)4/h17-18,20-21,23-24H,5-16H2,1-4H3/t18?,20?,21-,23-,24+,26+,27-/m0/s1. The molecule has 0 radical (unpaired) electrons. The van der Waals surface area contributed by atoms with Crippen LogP contribution < -0.4 is 0 Å². The van der Waals surface area contributed by atoms with Gasteiger partial charge in [0.15, 0.2) is 5.78 Å². The Labute approximate surface area is 178 Å². The maximum Gasteiger partial charge on any atom is 0.158 e. The van der Waals surface area contributed by atoms with Crippen molar-refractivity contribution in [3.63, 3.8) is 0 Å². The number of rotatable bonds is 6. The van der Waals surface area contributed by atoms with E-state index >= 15 is 0 Å². The van der Waals surface area contributed by atoms with Gasteiger partial charge < -0.3 is 4.79 Å². The van der Waals surface area contributed by atoms with Crippen molar-refractivity contribution in [2.45, 2.75) is 105 Å². The second-order valence-electron chi connectivity index (χ2n) is 11.3. The summed E-state index contributed by atoms with van der Waals surface area (Å²) in [5.41, 5.74) is 2.31. The Kier molecular flexibility index (Phi) is 5.86. The number of unbranched alkanes of at least 4 members (excludes halogenated alkanes) is 3. The highest BCUT2D eigenvalue weighted by atomic mass is 16.1. The predicted octanol–water partition coefficient (Wildman–Crippen LogP) is 6.92. The second-order valence-corrected chi connectivity index (χ2v) is 11.3. The topological polar surface area (TPSA) is 34.1 Å². The molecule has 0 spiro atoms. The minimum atomic E-state index is -0.346. The Bertz CT molecular complexity index is 691. The normalized spacial score (nSPS) is 44.3. The van der Waals surface area contributed by atoms with Crippen LogP contribution in [0.4, 0.5) is 0 Å². The van der Waals surface area contributed by atoms with E-state index < -0.39 is 0 Å². The summed E-state index contributed by atoms with van der Waals surface area (Å²) in [7, 11) is 0. The van der Waals surface area contributed by atoms with E-state index in [-0.39, 0.29) is 17.1 Å². The number of carbonyl (C=O) groups excluding carboxylic acids is 2. The first-order chi connectivity index (χ1) is 13.9. The largest absolute Gasteiger partial charge is 0.302 e. The highest BCUT2D eigenvalue weighted by Crippen LogP contribution is 2.68. The van der Waals surface area contributed by atoms with Crippen molar-refractivity contribution in [3.8, 4) is 0 Å². The van der Waals surface area contributed by atoms with Gasteiger partial charge in [0.2, 0.25) is 0 Å². The Morgan fingerprint density at radius 3 is 2.59 bits per heavy atom. The van der Waals surface area contributed by atoms with Gasteiger partial charge in [0, 0.05) is 6.42 Å². The molecule has 0 heterocycles. The summed E-state index contributed by atoms with van der Waals surface area (Å²) in [6.07, 6.45) is 16.2. The molecule has 0 bridgehead atoms. The molecule has 4 rings (SSSR count). The van der Waals surface area contributed by atoms with Crippen LogP contribution in [0.1, 0.15) is 105 Å². The molecular weight excluding hydrogens is 356 g/mol. The molecule has 3 fully saturated rings. The lowest BCUT2D eigenvalue weighted by Gasteiger charge is -2.59. The molecule has 2 unspecified atom stereocenters. The summed E-state index contributed by atoms with van der Waals surface area (Å²) >= 11 is 0. The monoisotopic (exact) mass is 398 g/mol. The van der Waals surface area contributed by atoms with Gasteiger partial charge in [-0.15, -0.1) is 0 Å². The smallest absolute Gasteiger partial charge is 0.158 e. The van der Waals surface area contributed by atoms with E-state index in [0.717, 1.165) is 23.8 Å². The van der Waals surface area contributed by atoms with Crippen LogP contribution in [0.3, 0.4) is 0 Å². The molecule has 0 aromatic rings. The zero-order chi connectivity index (χ0) is 20.8. The summed E-state index contributed by atoms with van der Waals surface area (Å²) < 4.78 is 0. The summed E-state index contributed by atoms with van der Waals surface area (Å²) in [4.78, 5) is 25.3. The minimum Gasteiger partial charge on any atom is -0.302 e. The van der Waals surface area contributed by atoms with Crippen LogP contribution in [-0.4, -0.2) is 12.1 Å². The molecule has 29 heavy (non-hydrogen) atoms. The molecule has 4 aliphatic carbocycles. The van der Waals surface area contributed by atoms with Gasteiger partial charge in [0.05, 0.1) is 5.41 Å². The molecule has 0 saturated heterocycles. The summed E-state index contributed by atoms with van der Waals surface area (Å²) in [6.45, 7) is 9.07. The van der Waals surface area contributed by atoms with E-state index in [1.807, 2.05) is 6.92 Å². The lowest BCUT2D eigenvalue weighted by atomic mass is 9.44. The van der Waals surface area contributed by atoms with Gasteiger partial charge in [0.25, 0.3) is 0 Å². The molecule has 0 aliphatic heterocycles. The predicted molar refractivity (Wildman–Crippen MR) is 119 cm³/mol. The Balaban J connectivity index is 1.59. The number of carbonyl (C=O) groups is 2. The van der Waals surface area contributed by atoms with Gasteiger partial charge >= 0.3 is 0 Å². The first-order valence-electron chi connectivity index (χ1n) is 12.6. The molecule has 3 saturated carbocycles. The van der Waals surface area contributed by atoms with Gasteiger partial charge in [-0.3, -0.25) is 4.79 Å². The Morgan fingerprint density at radius 2 is 1.86 bits per heavy atom. The SMILES string of the molecule is CCCCCCC1CC[C@H]2[C@@H]3CCC4=C(C)C(=O)CC(C)[C@]4(C=O)[C@@H]3CC[C@]12C. The van der Waals surface area contributed by atoms with Crippen molar-refractivity contribution in [2.75, 3.05) is 0 Å². The first-order valence-corrected chi connectivity index (χ1v) is 12.6. The average molecular weight is 399 g/mol. The van der Waals surface area contributed by atoms with Crippen LogP contribution in [-0.2, 0) is 9.59 Å². The van der Waals surface area contributed by atoms with Crippen molar-refractivity contribution >= 4 is 12.1 Å². The average Bonchev–Trinajstić information content (AvgIpc) is 3.05. The van der Waals surface area contributed by atoms with E-state index in [1.54, 1.807) is 0 Å². The van der Waals surface area contributed by atoms with Crippen molar-refractivity contribution in [3.05, 3.63) is 11.1 Å². The lowest BCUT2D eigenvalue weighted by molar-refractivity contribution is -0.135. The molecule has 162 valence electrons. The zero-order valence-electron chi connectivity index (χ0n) is 19.3. The van der Waals surface area contributed by atoms with Gasteiger partial charge in [-0.05, 0) is 98.0 Å². The number of hydrogen-bond acceptors (Lipinski definition) is 2. The van der Waals surface area contributed by atoms with Gasteiger partial charge in [-0.2, -0.15) is 0 Å². The maximum atomic E-state index is 12.7. The van der Waals surface area contributed by atoms with Crippen LogP contribution in [0.2, 0.25) is 0 Å². The number of Topliss-reactive ketones (excluding diaryl/α,β-unsaturated/α-hetero) is 1. The van der Waals surface area contributed by atoms with Crippen molar-refractivity contribution in [1.82, 2.24) is 0 Å². The van der Waals surface area contributed by atoms with Gasteiger partial charge in [-0.1, -0.05) is 46.5 Å². The fourth-order valence-corrected chi connectivity index (χ4v) is 8.65. The molecule has 4 aliphatic rings. The number of ketones is 1. The lowest BCUT2D eigenvalue weighted by Crippen LogP contribution is -2.55. The van der Waals surface area contributed by atoms with Crippen LogP contribution >= 0.6 is 0 Å². The first kappa shape index (κ1) is 21.3. The Morgan fingerprint density at radius 1 is 1.07 bits per heavy atom. The quantitative estimate of drug-likeness (QED) is 0.359. The van der Waals surface area contributed by atoms with E-state index in [0.29, 0.717) is 23.7 Å². The number of hydrogen-bond donors (Lipinski definition) is 0. The van der Waals surface area contributed by atoms with E-state index in [1.165, 1.54) is 76.1 Å². The van der Waals surface area contributed by atoms with E-state index in [2.05, 4.69) is 20.8 Å². The molecular formula is C27H42O2. The van der Waals surface area contributed by atoms with Crippen molar-refractivity contribution in [2.24, 2.45) is 40.4 Å². The fraction of sp³-hybridized carbons (Fsp3) is 0.852. The Hall–Kier alpha value is -0.920. The van der Waals surface area contributed by atoms with Crippen LogP contribution in [0.25, 0.3) is 0 Å². The fourth-order valence-electron chi connectivity index (χ4n) is 8.65. The van der Waals surface area contributed by atoms with Gasteiger partial charge in [0.1, 0.15) is 6.29 Å².